The van der Waals surface area contributed by atoms with Gasteiger partial charge in [0.15, 0.2) is 0 Å². The number of halogens is 1. The van der Waals surface area contributed by atoms with E-state index in [1.54, 1.807) is 22.7 Å². The molecule has 0 aliphatic rings. The molecular weight excluding hydrogens is 316 g/mol. The summed E-state index contributed by atoms with van der Waals surface area (Å²) in [7, 11) is 0. The van der Waals surface area contributed by atoms with Gasteiger partial charge in [0.05, 0.1) is 19.9 Å². The lowest BCUT2D eigenvalue weighted by molar-refractivity contribution is 0.411. The van der Waals surface area contributed by atoms with E-state index in [1.807, 2.05) is 6.07 Å². The first kappa shape index (κ1) is 13.2. The van der Waals surface area contributed by atoms with Crippen molar-refractivity contribution in [1.82, 2.24) is 4.98 Å². The highest BCUT2D eigenvalue weighted by Crippen LogP contribution is 2.35. The molecule has 0 unspecified atom stereocenters. The van der Waals surface area contributed by atoms with E-state index in [0.29, 0.717) is 0 Å². The van der Waals surface area contributed by atoms with Crippen molar-refractivity contribution in [2.45, 2.75) is 32.2 Å². The minimum Gasteiger partial charge on any atom is -0.319 e. The average molecular weight is 331 g/mol. The molecule has 0 aliphatic carbocycles. The monoisotopic (exact) mass is 330 g/mol. The van der Waals surface area contributed by atoms with Gasteiger partial charge < -0.3 is 5.73 Å². The fraction of sp³-hybridized carbons (Fsp3) is 0.417. The van der Waals surface area contributed by atoms with Crippen LogP contribution in [-0.4, -0.2) is 4.98 Å². The van der Waals surface area contributed by atoms with E-state index in [0.717, 1.165) is 27.3 Å². The van der Waals surface area contributed by atoms with E-state index >= 15 is 0 Å². The number of rotatable bonds is 4. The fourth-order valence-corrected chi connectivity index (χ4v) is 4.12. The van der Waals surface area contributed by atoms with Gasteiger partial charge in [0, 0.05) is 5.38 Å². The molecule has 0 fully saturated rings. The Morgan fingerprint density at radius 3 is 2.59 bits per heavy atom. The van der Waals surface area contributed by atoms with Crippen molar-refractivity contribution in [3.05, 3.63) is 26.3 Å². The third-order valence-corrected chi connectivity index (χ3v) is 5.73. The van der Waals surface area contributed by atoms with Crippen LogP contribution < -0.4 is 5.73 Å². The Labute approximate surface area is 118 Å². The van der Waals surface area contributed by atoms with Crippen LogP contribution in [-0.2, 0) is 5.54 Å². The maximum atomic E-state index is 6.36. The lowest BCUT2D eigenvalue weighted by Crippen LogP contribution is -2.34. The van der Waals surface area contributed by atoms with Gasteiger partial charge in [-0.3, -0.25) is 0 Å². The standard InChI is InChI=1S/C12H15BrN2S2/c1-3-12(14,4-2)11-15-8(7-16-11)9-5-6-10(13)17-9/h5-7H,3-4,14H2,1-2H3. The molecule has 0 saturated heterocycles. The molecule has 2 rings (SSSR count). The van der Waals surface area contributed by atoms with Crippen LogP contribution in [0.5, 0.6) is 0 Å². The Bertz CT molecular complexity index is 500. The molecule has 0 saturated carbocycles. The van der Waals surface area contributed by atoms with Crippen molar-refractivity contribution < 1.29 is 0 Å². The van der Waals surface area contributed by atoms with E-state index < -0.39 is 0 Å². The molecular formula is C12H15BrN2S2. The average Bonchev–Trinajstić information content (AvgIpc) is 2.96. The number of hydrogen-bond acceptors (Lipinski definition) is 4. The van der Waals surface area contributed by atoms with E-state index in [2.05, 4.69) is 41.2 Å². The summed E-state index contributed by atoms with van der Waals surface area (Å²) >= 11 is 6.84. The van der Waals surface area contributed by atoms with Crippen LogP contribution in [0.25, 0.3) is 10.6 Å². The molecule has 2 heterocycles. The maximum Gasteiger partial charge on any atom is 0.113 e. The van der Waals surface area contributed by atoms with Crippen molar-refractivity contribution in [1.29, 1.82) is 0 Å². The maximum absolute atomic E-state index is 6.36. The summed E-state index contributed by atoms with van der Waals surface area (Å²) < 4.78 is 1.13. The molecule has 0 aromatic carbocycles. The van der Waals surface area contributed by atoms with Crippen molar-refractivity contribution in [3.63, 3.8) is 0 Å². The van der Waals surface area contributed by atoms with Gasteiger partial charge in [-0.25, -0.2) is 4.98 Å². The summed E-state index contributed by atoms with van der Waals surface area (Å²) in [5.74, 6) is 0. The molecule has 2 aromatic rings. The van der Waals surface area contributed by atoms with Crippen molar-refractivity contribution in [2.75, 3.05) is 0 Å². The molecule has 0 atom stereocenters. The second-order valence-corrected chi connectivity index (χ2v) is 7.33. The van der Waals surface area contributed by atoms with Gasteiger partial charge in [0.2, 0.25) is 0 Å². The van der Waals surface area contributed by atoms with Crippen LogP contribution in [0.1, 0.15) is 31.7 Å². The van der Waals surface area contributed by atoms with Crippen LogP contribution in [0.15, 0.2) is 21.3 Å². The zero-order chi connectivity index (χ0) is 12.5. The topological polar surface area (TPSA) is 38.9 Å². The predicted octanol–water partition coefficient (Wildman–Crippen LogP) is 4.61. The Balaban J connectivity index is 2.33. The predicted molar refractivity (Wildman–Crippen MR) is 79.6 cm³/mol. The highest BCUT2D eigenvalue weighted by Gasteiger charge is 2.26. The van der Waals surface area contributed by atoms with Crippen molar-refractivity contribution in [2.24, 2.45) is 5.73 Å². The summed E-state index contributed by atoms with van der Waals surface area (Å²) in [6.07, 6.45) is 1.84. The van der Waals surface area contributed by atoms with Crippen LogP contribution in [0.4, 0.5) is 0 Å². The zero-order valence-electron chi connectivity index (χ0n) is 9.87. The first-order valence-electron chi connectivity index (χ1n) is 5.59. The Morgan fingerprint density at radius 1 is 1.35 bits per heavy atom. The second kappa shape index (κ2) is 5.18. The third-order valence-electron chi connectivity index (χ3n) is 3.02. The normalized spacial score (nSPS) is 12.0. The molecule has 2 N–H and O–H groups in total. The van der Waals surface area contributed by atoms with Gasteiger partial charge >= 0.3 is 0 Å². The second-order valence-electron chi connectivity index (χ2n) is 4.00. The first-order valence-corrected chi connectivity index (χ1v) is 8.08. The highest BCUT2D eigenvalue weighted by atomic mass is 79.9. The van der Waals surface area contributed by atoms with Crippen LogP contribution in [0.2, 0.25) is 0 Å². The SMILES string of the molecule is CCC(N)(CC)c1nc(-c2ccc(Br)s2)cs1. The van der Waals surface area contributed by atoms with Crippen molar-refractivity contribution >= 4 is 38.6 Å². The van der Waals surface area contributed by atoms with E-state index in [4.69, 9.17) is 10.7 Å². The molecule has 2 aromatic heterocycles. The molecule has 17 heavy (non-hydrogen) atoms. The van der Waals surface area contributed by atoms with Gasteiger partial charge in [-0.15, -0.1) is 22.7 Å². The van der Waals surface area contributed by atoms with Gasteiger partial charge in [-0.1, -0.05) is 13.8 Å². The molecule has 0 spiro atoms. The molecule has 0 amide bonds. The summed E-state index contributed by atoms with van der Waals surface area (Å²) in [5, 5.41) is 3.14. The summed E-state index contributed by atoms with van der Waals surface area (Å²) in [6.45, 7) is 4.23. The number of aromatic nitrogens is 1. The summed E-state index contributed by atoms with van der Waals surface area (Å²) in [4.78, 5) is 5.88. The number of hydrogen-bond donors (Lipinski definition) is 1. The summed E-state index contributed by atoms with van der Waals surface area (Å²) in [6, 6.07) is 4.14. The Hall–Kier alpha value is -0.230. The van der Waals surface area contributed by atoms with Gasteiger partial charge in [0.25, 0.3) is 0 Å². The molecule has 2 nitrogen and oxygen atoms in total. The number of thiophene rings is 1. The van der Waals surface area contributed by atoms with Gasteiger partial charge in [0.1, 0.15) is 5.01 Å². The van der Waals surface area contributed by atoms with E-state index in [1.165, 1.54) is 4.88 Å². The lowest BCUT2D eigenvalue weighted by atomic mass is 9.95. The van der Waals surface area contributed by atoms with Gasteiger partial charge in [-0.2, -0.15) is 0 Å². The van der Waals surface area contributed by atoms with Crippen LogP contribution in [0.3, 0.4) is 0 Å². The fourth-order valence-electron chi connectivity index (χ4n) is 1.62. The smallest absolute Gasteiger partial charge is 0.113 e. The van der Waals surface area contributed by atoms with E-state index in [9.17, 15) is 0 Å². The molecule has 0 bridgehead atoms. The highest BCUT2D eigenvalue weighted by molar-refractivity contribution is 9.11. The minimum absolute atomic E-state index is 0.266. The molecule has 0 aliphatic heterocycles. The third kappa shape index (κ3) is 2.62. The number of thiazole rings is 1. The quantitative estimate of drug-likeness (QED) is 0.889. The minimum atomic E-state index is -0.266. The van der Waals surface area contributed by atoms with E-state index in [-0.39, 0.29) is 5.54 Å². The zero-order valence-corrected chi connectivity index (χ0v) is 13.1. The summed E-state index contributed by atoms with van der Waals surface area (Å²) in [5.41, 5.74) is 7.13. The molecule has 92 valence electrons. The largest absolute Gasteiger partial charge is 0.319 e. The Kier molecular flexibility index (Phi) is 4.02. The van der Waals surface area contributed by atoms with Crippen LogP contribution in [0, 0.1) is 0 Å². The molecule has 0 radical (unpaired) electrons. The molecule has 5 heteroatoms. The van der Waals surface area contributed by atoms with Crippen LogP contribution >= 0.6 is 38.6 Å². The first-order chi connectivity index (χ1) is 8.09. The lowest BCUT2D eigenvalue weighted by Gasteiger charge is -2.23. The number of nitrogens with two attached hydrogens (primary N) is 1. The Morgan fingerprint density at radius 2 is 2.06 bits per heavy atom. The number of nitrogens with zero attached hydrogens (tertiary/aromatic N) is 1. The van der Waals surface area contributed by atoms with Gasteiger partial charge in [-0.05, 0) is 40.9 Å². The van der Waals surface area contributed by atoms with Crippen molar-refractivity contribution in [3.8, 4) is 10.6 Å².